The highest BCUT2D eigenvalue weighted by atomic mass is 19.3. The summed E-state index contributed by atoms with van der Waals surface area (Å²) in [7, 11) is 0. The zero-order chi connectivity index (χ0) is 15.1. The van der Waals surface area contributed by atoms with E-state index < -0.39 is 13.0 Å². The summed E-state index contributed by atoms with van der Waals surface area (Å²) >= 11 is 0. The Morgan fingerprint density at radius 3 is 2.76 bits per heavy atom. The Hall–Kier alpha value is -1.69. The Bertz CT molecular complexity index is 445. The summed E-state index contributed by atoms with van der Waals surface area (Å²) in [6.45, 7) is 1.40. The molecule has 116 valence electrons. The third-order valence-corrected chi connectivity index (χ3v) is 3.46. The van der Waals surface area contributed by atoms with Gasteiger partial charge in [-0.2, -0.15) is 0 Å². The van der Waals surface area contributed by atoms with E-state index in [2.05, 4.69) is 10.6 Å². The first-order valence-corrected chi connectivity index (χ1v) is 7.15. The topological polar surface area (TPSA) is 50.4 Å². The maximum absolute atomic E-state index is 12.0. The second-order valence-corrected chi connectivity index (χ2v) is 5.17. The highest BCUT2D eigenvalue weighted by Crippen LogP contribution is 2.18. The molecule has 0 spiro atoms. The van der Waals surface area contributed by atoms with E-state index in [1.165, 1.54) is 0 Å². The normalized spacial score (nSPS) is 18.0. The van der Waals surface area contributed by atoms with Crippen molar-refractivity contribution in [1.82, 2.24) is 5.32 Å². The van der Waals surface area contributed by atoms with Crippen LogP contribution in [0.3, 0.4) is 0 Å². The van der Waals surface area contributed by atoms with Gasteiger partial charge in [-0.3, -0.25) is 4.79 Å². The lowest BCUT2D eigenvalue weighted by molar-refractivity contribution is -0.116. The summed E-state index contributed by atoms with van der Waals surface area (Å²) < 4.78 is 28.9. The lowest BCUT2D eigenvalue weighted by Crippen LogP contribution is -2.15. The van der Waals surface area contributed by atoms with E-state index in [-0.39, 0.29) is 5.91 Å². The van der Waals surface area contributed by atoms with E-state index in [1.807, 2.05) is 0 Å². The van der Waals surface area contributed by atoms with Crippen LogP contribution >= 0.6 is 0 Å². The van der Waals surface area contributed by atoms with Crippen LogP contribution in [0.5, 0.6) is 5.75 Å². The second-order valence-electron chi connectivity index (χ2n) is 5.17. The minimum atomic E-state index is -2.49. The van der Waals surface area contributed by atoms with Gasteiger partial charge in [0.2, 0.25) is 5.91 Å². The molecule has 1 saturated heterocycles. The standard InChI is InChI=1S/C15H20F2N2O2/c16-14(17)10-21-13-4-2-12(3-5-13)19-15(20)6-1-11-7-8-18-9-11/h2-5,11,14,18H,1,6-10H2,(H,19,20). The quantitative estimate of drug-likeness (QED) is 0.813. The van der Waals surface area contributed by atoms with Crippen LogP contribution in [-0.4, -0.2) is 32.0 Å². The second kappa shape index (κ2) is 7.93. The number of alkyl halides is 2. The molecular formula is C15H20F2N2O2. The van der Waals surface area contributed by atoms with Gasteiger partial charge in [-0.15, -0.1) is 0 Å². The van der Waals surface area contributed by atoms with Crippen molar-refractivity contribution in [2.24, 2.45) is 5.92 Å². The molecule has 6 heteroatoms. The number of hydrogen-bond donors (Lipinski definition) is 2. The molecular weight excluding hydrogens is 278 g/mol. The molecule has 2 rings (SSSR count). The van der Waals surface area contributed by atoms with Gasteiger partial charge in [0.15, 0.2) is 0 Å². The number of nitrogens with one attached hydrogen (secondary N) is 2. The number of halogens is 2. The Labute approximate surface area is 122 Å². The Kier molecular flexibility index (Phi) is 5.92. The van der Waals surface area contributed by atoms with Crippen LogP contribution in [0.15, 0.2) is 24.3 Å². The molecule has 0 radical (unpaired) electrons. The van der Waals surface area contributed by atoms with E-state index in [0.717, 1.165) is 25.9 Å². The Morgan fingerprint density at radius 1 is 1.38 bits per heavy atom. The van der Waals surface area contributed by atoms with Crippen molar-refractivity contribution in [1.29, 1.82) is 0 Å². The number of amides is 1. The van der Waals surface area contributed by atoms with Crippen molar-refractivity contribution in [2.45, 2.75) is 25.7 Å². The van der Waals surface area contributed by atoms with Gasteiger partial charge in [-0.25, -0.2) is 8.78 Å². The van der Waals surface area contributed by atoms with E-state index in [0.29, 0.717) is 23.8 Å². The van der Waals surface area contributed by atoms with Gasteiger partial charge in [0.1, 0.15) is 12.4 Å². The van der Waals surface area contributed by atoms with Gasteiger partial charge in [0, 0.05) is 12.1 Å². The monoisotopic (exact) mass is 298 g/mol. The molecule has 0 saturated carbocycles. The summed E-state index contributed by atoms with van der Waals surface area (Å²) in [5.74, 6) is 0.925. The number of hydrogen-bond acceptors (Lipinski definition) is 3. The van der Waals surface area contributed by atoms with Gasteiger partial charge in [-0.1, -0.05) is 0 Å². The van der Waals surface area contributed by atoms with Crippen LogP contribution in [0.4, 0.5) is 14.5 Å². The summed E-state index contributed by atoms with van der Waals surface area (Å²) in [5.41, 5.74) is 0.647. The average molecular weight is 298 g/mol. The minimum absolute atomic E-state index is 0.0249. The molecule has 4 nitrogen and oxygen atoms in total. The van der Waals surface area contributed by atoms with E-state index in [4.69, 9.17) is 4.74 Å². The van der Waals surface area contributed by atoms with E-state index in [1.54, 1.807) is 24.3 Å². The molecule has 1 aliphatic rings. The number of anilines is 1. The van der Waals surface area contributed by atoms with Gasteiger partial charge < -0.3 is 15.4 Å². The largest absolute Gasteiger partial charge is 0.488 e. The van der Waals surface area contributed by atoms with Gasteiger partial charge in [0.25, 0.3) is 6.43 Å². The summed E-state index contributed by atoms with van der Waals surface area (Å²) in [6.07, 6.45) is 0.0165. The fourth-order valence-corrected chi connectivity index (χ4v) is 2.31. The predicted molar refractivity (Wildman–Crippen MR) is 76.8 cm³/mol. The minimum Gasteiger partial charge on any atom is -0.488 e. The summed E-state index contributed by atoms with van der Waals surface area (Å²) in [5, 5.41) is 6.07. The molecule has 0 bridgehead atoms. The first-order valence-electron chi connectivity index (χ1n) is 7.15. The van der Waals surface area contributed by atoms with E-state index in [9.17, 15) is 13.6 Å². The van der Waals surface area contributed by atoms with Crippen LogP contribution < -0.4 is 15.4 Å². The Balaban J connectivity index is 1.72. The van der Waals surface area contributed by atoms with Crippen molar-refractivity contribution in [3.8, 4) is 5.75 Å². The number of carbonyl (C=O) groups excluding carboxylic acids is 1. The summed E-state index contributed by atoms with van der Waals surface area (Å²) in [6, 6.07) is 6.43. The lowest BCUT2D eigenvalue weighted by Gasteiger charge is -2.10. The van der Waals surface area contributed by atoms with Crippen molar-refractivity contribution >= 4 is 11.6 Å². The SMILES string of the molecule is O=C(CCC1CCNC1)Nc1ccc(OCC(F)F)cc1. The molecule has 21 heavy (non-hydrogen) atoms. The van der Waals surface area contributed by atoms with Crippen LogP contribution in [0.1, 0.15) is 19.3 Å². The van der Waals surface area contributed by atoms with Crippen molar-refractivity contribution in [3.63, 3.8) is 0 Å². The molecule has 1 atom stereocenters. The lowest BCUT2D eigenvalue weighted by atomic mass is 10.0. The third kappa shape index (κ3) is 5.67. The van der Waals surface area contributed by atoms with Crippen LogP contribution in [0, 0.1) is 5.92 Å². The van der Waals surface area contributed by atoms with Gasteiger partial charge in [-0.05, 0) is 56.1 Å². The molecule has 1 aliphatic heterocycles. The fourth-order valence-electron chi connectivity index (χ4n) is 2.31. The maximum Gasteiger partial charge on any atom is 0.272 e. The molecule has 0 aromatic heterocycles. The first kappa shape index (κ1) is 15.7. The van der Waals surface area contributed by atoms with Crippen molar-refractivity contribution < 1.29 is 18.3 Å². The number of benzene rings is 1. The smallest absolute Gasteiger partial charge is 0.272 e. The Morgan fingerprint density at radius 2 is 2.14 bits per heavy atom. The third-order valence-electron chi connectivity index (χ3n) is 3.46. The molecule has 1 aromatic carbocycles. The van der Waals surface area contributed by atoms with Gasteiger partial charge >= 0.3 is 0 Å². The first-order chi connectivity index (χ1) is 10.1. The number of carbonyl (C=O) groups is 1. The fraction of sp³-hybridized carbons (Fsp3) is 0.533. The molecule has 2 N–H and O–H groups in total. The van der Waals surface area contributed by atoms with Crippen LogP contribution in [0.2, 0.25) is 0 Å². The summed E-state index contributed by atoms with van der Waals surface area (Å²) in [4.78, 5) is 11.8. The molecule has 0 aliphatic carbocycles. The molecule has 1 aromatic rings. The zero-order valence-electron chi connectivity index (χ0n) is 11.8. The molecule has 1 heterocycles. The average Bonchev–Trinajstić information content (AvgIpc) is 2.98. The number of rotatable bonds is 7. The number of ether oxygens (including phenoxy) is 1. The van der Waals surface area contributed by atoms with Gasteiger partial charge in [0.05, 0.1) is 0 Å². The zero-order valence-corrected chi connectivity index (χ0v) is 11.8. The van der Waals surface area contributed by atoms with Crippen LogP contribution in [-0.2, 0) is 4.79 Å². The van der Waals surface area contributed by atoms with Crippen LogP contribution in [0.25, 0.3) is 0 Å². The van der Waals surface area contributed by atoms with Crippen molar-refractivity contribution in [2.75, 3.05) is 25.0 Å². The predicted octanol–water partition coefficient (Wildman–Crippen LogP) is 2.66. The molecule has 1 unspecified atom stereocenters. The molecule has 1 fully saturated rings. The molecule has 1 amide bonds. The van der Waals surface area contributed by atoms with E-state index >= 15 is 0 Å². The highest BCUT2D eigenvalue weighted by Gasteiger charge is 2.15. The maximum atomic E-state index is 12.0. The highest BCUT2D eigenvalue weighted by molar-refractivity contribution is 5.90. The van der Waals surface area contributed by atoms with Crippen molar-refractivity contribution in [3.05, 3.63) is 24.3 Å².